The van der Waals surface area contributed by atoms with Gasteiger partial charge >= 0.3 is 5.97 Å². The van der Waals surface area contributed by atoms with E-state index in [1.165, 1.54) is 12.3 Å². The largest absolute Gasteiger partial charge is 0.480 e. The van der Waals surface area contributed by atoms with Crippen LogP contribution in [-0.2, 0) is 11.2 Å². The van der Waals surface area contributed by atoms with Crippen LogP contribution >= 0.6 is 0 Å². The molecule has 0 amide bonds. The molecule has 4 heteroatoms. The van der Waals surface area contributed by atoms with E-state index in [4.69, 9.17) is 5.11 Å². The van der Waals surface area contributed by atoms with E-state index in [0.717, 1.165) is 12.0 Å². The lowest BCUT2D eigenvalue weighted by Gasteiger charge is -2.15. The van der Waals surface area contributed by atoms with Crippen LogP contribution in [0.15, 0.2) is 35.3 Å². The highest BCUT2D eigenvalue weighted by Crippen LogP contribution is 2.17. The molecule has 1 atom stereocenters. The fourth-order valence-electron chi connectivity index (χ4n) is 2.00. The van der Waals surface area contributed by atoms with Crippen molar-refractivity contribution in [2.24, 2.45) is 0 Å². The zero-order chi connectivity index (χ0) is 13.3. The predicted octanol–water partition coefficient (Wildman–Crippen LogP) is 2.21. The first-order valence-electron chi connectivity index (χ1n) is 5.91. The van der Waals surface area contributed by atoms with Crippen LogP contribution in [0.3, 0.4) is 0 Å². The molecule has 18 heavy (non-hydrogen) atoms. The average Bonchev–Trinajstić information content (AvgIpc) is 2.38. The molecule has 1 heterocycles. The van der Waals surface area contributed by atoms with Gasteiger partial charge in [-0.05, 0) is 31.0 Å². The zero-order valence-corrected chi connectivity index (χ0v) is 10.4. The number of hydrogen-bond acceptors (Lipinski definition) is 2. The Bertz CT molecular complexity index is 658. The van der Waals surface area contributed by atoms with E-state index in [9.17, 15) is 9.59 Å². The molecular formula is C14H15NO3. The zero-order valence-electron chi connectivity index (χ0n) is 10.4. The summed E-state index contributed by atoms with van der Waals surface area (Å²) in [5.41, 5.74) is 1.66. The lowest BCUT2D eigenvalue weighted by molar-refractivity contribution is -0.140. The second-order valence-corrected chi connectivity index (χ2v) is 4.31. The molecule has 94 valence electrons. The maximum Gasteiger partial charge on any atom is 0.326 e. The Kier molecular flexibility index (Phi) is 3.19. The van der Waals surface area contributed by atoms with Gasteiger partial charge in [0.05, 0.1) is 5.52 Å². The minimum atomic E-state index is -0.917. The molecule has 0 saturated heterocycles. The second kappa shape index (κ2) is 4.64. The molecule has 0 unspecified atom stereocenters. The van der Waals surface area contributed by atoms with Crippen LogP contribution in [0.5, 0.6) is 0 Å². The Hall–Kier alpha value is -2.10. The summed E-state index contributed by atoms with van der Waals surface area (Å²) in [5, 5.41) is 9.64. The smallest absolute Gasteiger partial charge is 0.326 e. The lowest BCUT2D eigenvalue weighted by Crippen LogP contribution is -2.18. The fraction of sp³-hybridized carbons (Fsp3) is 0.286. The van der Waals surface area contributed by atoms with E-state index in [-0.39, 0.29) is 5.43 Å². The predicted molar refractivity (Wildman–Crippen MR) is 69.9 cm³/mol. The number of carboxylic acids is 1. The van der Waals surface area contributed by atoms with Gasteiger partial charge in [-0.3, -0.25) is 4.79 Å². The van der Waals surface area contributed by atoms with Crippen LogP contribution in [0.4, 0.5) is 0 Å². The van der Waals surface area contributed by atoms with Crippen molar-refractivity contribution in [3.8, 4) is 0 Å². The van der Waals surface area contributed by atoms with E-state index >= 15 is 0 Å². The minimum absolute atomic E-state index is 0.0749. The van der Waals surface area contributed by atoms with E-state index in [2.05, 4.69) is 0 Å². The summed E-state index contributed by atoms with van der Waals surface area (Å²) < 4.78 is 1.61. The molecule has 2 aromatic rings. The van der Waals surface area contributed by atoms with Crippen LogP contribution in [0, 0.1) is 0 Å². The van der Waals surface area contributed by atoms with Gasteiger partial charge in [0, 0.05) is 17.6 Å². The second-order valence-electron chi connectivity index (χ2n) is 4.31. The highest BCUT2D eigenvalue weighted by Gasteiger charge is 2.15. The molecule has 0 radical (unpaired) electrons. The highest BCUT2D eigenvalue weighted by atomic mass is 16.4. The third-order valence-electron chi connectivity index (χ3n) is 3.17. The summed E-state index contributed by atoms with van der Waals surface area (Å²) in [7, 11) is 0. The van der Waals surface area contributed by atoms with Crippen molar-refractivity contribution in [1.82, 2.24) is 4.57 Å². The van der Waals surface area contributed by atoms with Gasteiger partial charge in [0.1, 0.15) is 6.04 Å². The average molecular weight is 245 g/mol. The van der Waals surface area contributed by atoms with Crippen molar-refractivity contribution in [3.05, 3.63) is 46.2 Å². The number of rotatable bonds is 3. The van der Waals surface area contributed by atoms with Crippen molar-refractivity contribution in [3.63, 3.8) is 0 Å². The molecular weight excluding hydrogens is 230 g/mol. The molecule has 1 aromatic carbocycles. The summed E-state index contributed by atoms with van der Waals surface area (Å²) in [6, 6.07) is 6.30. The van der Waals surface area contributed by atoms with Crippen LogP contribution in [0.1, 0.15) is 25.5 Å². The Balaban J connectivity index is 2.75. The number of nitrogens with zero attached hydrogens (tertiary/aromatic N) is 1. The van der Waals surface area contributed by atoms with Crippen molar-refractivity contribution in [2.45, 2.75) is 26.3 Å². The number of aryl methyl sites for hydroxylation is 1. The molecule has 0 aliphatic heterocycles. The van der Waals surface area contributed by atoms with E-state index in [1.54, 1.807) is 11.5 Å². The number of aliphatic carboxylic acids is 1. The number of carbonyl (C=O) groups is 1. The number of benzene rings is 1. The Morgan fingerprint density at radius 3 is 2.72 bits per heavy atom. The third kappa shape index (κ3) is 2.01. The van der Waals surface area contributed by atoms with Crippen molar-refractivity contribution in [2.75, 3.05) is 0 Å². The summed E-state index contributed by atoms with van der Waals surface area (Å²) in [5.74, 6) is -0.917. The van der Waals surface area contributed by atoms with Gasteiger partial charge < -0.3 is 9.67 Å². The molecule has 1 N–H and O–H groups in total. The number of fused-ring (bicyclic) bond motifs is 1. The first-order chi connectivity index (χ1) is 8.54. The summed E-state index contributed by atoms with van der Waals surface area (Å²) in [6.07, 6.45) is 2.38. The molecule has 0 fully saturated rings. The van der Waals surface area contributed by atoms with Gasteiger partial charge in [-0.25, -0.2) is 4.79 Å². The molecule has 0 aliphatic carbocycles. The van der Waals surface area contributed by atoms with Gasteiger partial charge in [0.25, 0.3) is 0 Å². The standard InChI is InChI=1S/C14H15NO3/c1-3-10-4-5-12-11(8-10)13(16)6-7-15(12)9(2)14(17)18/h4-9H,3H2,1-2H3,(H,17,18)/t9-/m0/s1. The van der Waals surface area contributed by atoms with Gasteiger partial charge in [-0.2, -0.15) is 0 Å². The van der Waals surface area contributed by atoms with Crippen LogP contribution in [0.2, 0.25) is 0 Å². The quantitative estimate of drug-likeness (QED) is 0.901. The van der Waals surface area contributed by atoms with Gasteiger partial charge in [-0.15, -0.1) is 0 Å². The monoisotopic (exact) mass is 245 g/mol. The molecule has 0 bridgehead atoms. The molecule has 0 saturated carbocycles. The SMILES string of the molecule is CCc1ccc2c(c1)c(=O)ccn2[C@@H](C)C(=O)O. The third-order valence-corrected chi connectivity index (χ3v) is 3.17. The Morgan fingerprint density at radius 1 is 1.39 bits per heavy atom. The maximum atomic E-state index is 11.8. The Morgan fingerprint density at radius 2 is 2.11 bits per heavy atom. The molecule has 0 aliphatic rings. The number of carboxylic acid groups (broad SMARTS) is 1. The Labute approximate surface area is 104 Å². The van der Waals surface area contributed by atoms with E-state index in [0.29, 0.717) is 10.9 Å². The van der Waals surface area contributed by atoms with E-state index < -0.39 is 12.0 Å². The number of hydrogen-bond donors (Lipinski definition) is 1. The van der Waals surface area contributed by atoms with Crippen LogP contribution in [0.25, 0.3) is 10.9 Å². The normalized spacial score (nSPS) is 12.6. The van der Waals surface area contributed by atoms with Crippen LogP contribution in [-0.4, -0.2) is 15.6 Å². The molecule has 1 aromatic heterocycles. The van der Waals surface area contributed by atoms with Crippen LogP contribution < -0.4 is 5.43 Å². The lowest BCUT2D eigenvalue weighted by atomic mass is 10.1. The van der Waals surface area contributed by atoms with Crippen molar-refractivity contribution >= 4 is 16.9 Å². The van der Waals surface area contributed by atoms with Crippen molar-refractivity contribution < 1.29 is 9.90 Å². The first kappa shape index (κ1) is 12.4. The summed E-state index contributed by atoms with van der Waals surface area (Å²) in [6.45, 7) is 3.61. The summed E-state index contributed by atoms with van der Waals surface area (Å²) in [4.78, 5) is 22.9. The number of aromatic nitrogens is 1. The number of pyridine rings is 1. The van der Waals surface area contributed by atoms with Gasteiger partial charge in [-0.1, -0.05) is 13.0 Å². The molecule has 2 rings (SSSR count). The van der Waals surface area contributed by atoms with Gasteiger partial charge in [0.15, 0.2) is 5.43 Å². The van der Waals surface area contributed by atoms with Gasteiger partial charge in [0.2, 0.25) is 0 Å². The molecule has 0 spiro atoms. The first-order valence-corrected chi connectivity index (χ1v) is 5.91. The molecule has 4 nitrogen and oxygen atoms in total. The topological polar surface area (TPSA) is 59.3 Å². The fourth-order valence-corrected chi connectivity index (χ4v) is 2.00. The minimum Gasteiger partial charge on any atom is -0.480 e. The van der Waals surface area contributed by atoms with Crippen molar-refractivity contribution in [1.29, 1.82) is 0 Å². The summed E-state index contributed by atoms with van der Waals surface area (Å²) >= 11 is 0. The van der Waals surface area contributed by atoms with E-state index in [1.807, 2.05) is 25.1 Å². The maximum absolute atomic E-state index is 11.8. The highest BCUT2D eigenvalue weighted by molar-refractivity contribution is 5.82.